The molecule has 1 aliphatic heterocycles. The van der Waals surface area contributed by atoms with Gasteiger partial charge in [0.2, 0.25) is 0 Å². The van der Waals surface area contributed by atoms with Crippen molar-refractivity contribution >= 4 is 11.6 Å². The Kier molecular flexibility index (Phi) is 4.55. The SMILES string of the molecule is CCc1nc(NC)cc(NCC2(OC)CCOC2)n1. The van der Waals surface area contributed by atoms with E-state index in [9.17, 15) is 0 Å². The third kappa shape index (κ3) is 3.33. The summed E-state index contributed by atoms with van der Waals surface area (Å²) in [6.45, 7) is 4.11. The van der Waals surface area contributed by atoms with Crippen molar-refractivity contribution in [3.63, 3.8) is 0 Å². The molecule has 1 aliphatic rings. The number of rotatable bonds is 6. The number of anilines is 2. The largest absolute Gasteiger partial charge is 0.378 e. The van der Waals surface area contributed by atoms with Crippen LogP contribution in [-0.2, 0) is 15.9 Å². The lowest BCUT2D eigenvalue weighted by molar-refractivity contribution is -0.00625. The minimum Gasteiger partial charge on any atom is -0.378 e. The number of nitrogens with one attached hydrogen (secondary N) is 2. The van der Waals surface area contributed by atoms with Crippen LogP contribution in [0.3, 0.4) is 0 Å². The zero-order valence-corrected chi connectivity index (χ0v) is 11.8. The number of aromatic nitrogens is 2. The van der Waals surface area contributed by atoms with Crippen LogP contribution in [0.5, 0.6) is 0 Å². The first-order chi connectivity index (χ1) is 9.21. The molecule has 0 bridgehead atoms. The molecule has 1 aromatic rings. The van der Waals surface area contributed by atoms with Crippen molar-refractivity contribution in [2.45, 2.75) is 25.4 Å². The van der Waals surface area contributed by atoms with Crippen LogP contribution in [0.1, 0.15) is 19.2 Å². The second-order valence-electron chi connectivity index (χ2n) is 4.70. The second kappa shape index (κ2) is 6.16. The molecule has 0 radical (unpaired) electrons. The highest BCUT2D eigenvalue weighted by molar-refractivity contribution is 5.47. The van der Waals surface area contributed by atoms with E-state index in [1.807, 2.05) is 20.0 Å². The fourth-order valence-electron chi connectivity index (χ4n) is 2.09. The first kappa shape index (κ1) is 14.0. The number of methoxy groups -OCH3 is 1. The Hall–Kier alpha value is -1.40. The van der Waals surface area contributed by atoms with E-state index < -0.39 is 0 Å². The molecule has 6 heteroatoms. The number of nitrogens with zero attached hydrogens (tertiary/aromatic N) is 2. The fraction of sp³-hybridized carbons (Fsp3) is 0.692. The molecule has 1 aromatic heterocycles. The standard InChI is InChI=1S/C13H22N4O2/c1-4-10-16-11(14-2)7-12(17-10)15-8-13(18-3)5-6-19-9-13/h7H,4-6,8-9H2,1-3H3,(H2,14,15,16,17). The maximum absolute atomic E-state index is 5.59. The van der Waals surface area contributed by atoms with Gasteiger partial charge < -0.3 is 20.1 Å². The summed E-state index contributed by atoms with van der Waals surface area (Å²) in [4.78, 5) is 8.84. The maximum Gasteiger partial charge on any atom is 0.132 e. The van der Waals surface area contributed by atoms with Gasteiger partial charge in [-0.3, -0.25) is 0 Å². The molecule has 1 atom stereocenters. The Morgan fingerprint density at radius 2 is 2.21 bits per heavy atom. The highest BCUT2D eigenvalue weighted by Gasteiger charge is 2.34. The summed E-state index contributed by atoms with van der Waals surface area (Å²) in [5, 5.41) is 6.38. The van der Waals surface area contributed by atoms with E-state index in [1.54, 1.807) is 7.11 Å². The topological polar surface area (TPSA) is 68.3 Å². The van der Waals surface area contributed by atoms with E-state index in [4.69, 9.17) is 9.47 Å². The van der Waals surface area contributed by atoms with Crippen molar-refractivity contribution in [1.29, 1.82) is 0 Å². The average molecular weight is 266 g/mol. The Labute approximate surface area is 113 Å². The van der Waals surface area contributed by atoms with E-state index in [0.29, 0.717) is 13.2 Å². The maximum atomic E-state index is 5.59. The first-order valence-electron chi connectivity index (χ1n) is 6.64. The summed E-state index contributed by atoms with van der Waals surface area (Å²) in [6, 6.07) is 1.90. The average Bonchev–Trinajstić information content (AvgIpc) is 2.94. The van der Waals surface area contributed by atoms with Crippen molar-refractivity contribution in [1.82, 2.24) is 9.97 Å². The van der Waals surface area contributed by atoms with Crippen molar-refractivity contribution in [2.24, 2.45) is 0 Å². The number of aryl methyl sites for hydroxylation is 1. The van der Waals surface area contributed by atoms with Gasteiger partial charge in [-0.05, 0) is 0 Å². The highest BCUT2D eigenvalue weighted by atomic mass is 16.5. The molecular weight excluding hydrogens is 244 g/mol. The molecule has 106 valence electrons. The smallest absolute Gasteiger partial charge is 0.132 e. The molecule has 0 saturated carbocycles. The van der Waals surface area contributed by atoms with E-state index >= 15 is 0 Å². The highest BCUT2D eigenvalue weighted by Crippen LogP contribution is 2.23. The van der Waals surface area contributed by atoms with E-state index in [0.717, 1.165) is 36.9 Å². The Bertz CT molecular complexity index is 397. The predicted molar refractivity (Wildman–Crippen MR) is 74.6 cm³/mol. The van der Waals surface area contributed by atoms with Crippen LogP contribution >= 0.6 is 0 Å². The zero-order valence-electron chi connectivity index (χ0n) is 11.8. The summed E-state index contributed by atoms with van der Waals surface area (Å²) in [5.41, 5.74) is -0.239. The van der Waals surface area contributed by atoms with Crippen molar-refractivity contribution in [3.05, 3.63) is 11.9 Å². The quantitative estimate of drug-likeness (QED) is 0.809. The molecule has 1 unspecified atom stereocenters. The van der Waals surface area contributed by atoms with Gasteiger partial charge in [-0.2, -0.15) is 0 Å². The minimum absolute atomic E-state index is 0.239. The lowest BCUT2D eigenvalue weighted by atomic mass is 10.0. The normalized spacial score (nSPS) is 22.5. The van der Waals surface area contributed by atoms with Crippen LogP contribution < -0.4 is 10.6 Å². The van der Waals surface area contributed by atoms with Gasteiger partial charge in [-0.15, -0.1) is 0 Å². The molecule has 2 rings (SSSR count). The zero-order chi connectivity index (χ0) is 13.7. The molecule has 1 fully saturated rings. The fourth-order valence-corrected chi connectivity index (χ4v) is 2.09. The monoisotopic (exact) mass is 266 g/mol. The van der Waals surface area contributed by atoms with Gasteiger partial charge in [0, 0.05) is 46.2 Å². The Balaban J connectivity index is 2.06. The lowest BCUT2D eigenvalue weighted by Gasteiger charge is -2.26. The number of hydrogen-bond donors (Lipinski definition) is 2. The van der Waals surface area contributed by atoms with Crippen molar-refractivity contribution in [3.8, 4) is 0 Å². The summed E-state index contributed by atoms with van der Waals surface area (Å²) in [5.74, 6) is 2.46. The molecule has 0 spiro atoms. The molecule has 19 heavy (non-hydrogen) atoms. The van der Waals surface area contributed by atoms with Gasteiger partial charge in [0.1, 0.15) is 23.1 Å². The van der Waals surface area contributed by atoms with Crippen LogP contribution in [-0.4, -0.2) is 49.5 Å². The Morgan fingerprint density at radius 1 is 1.42 bits per heavy atom. The molecule has 6 nitrogen and oxygen atoms in total. The minimum atomic E-state index is -0.239. The van der Waals surface area contributed by atoms with Crippen molar-refractivity contribution in [2.75, 3.05) is 44.5 Å². The third-order valence-corrected chi connectivity index (χ3v) is 3.44. The van der Waals surface area contributed by atoms with Gasteiger partial charge in [0.25, 0.3) is 0 Å². The van der Waals surface area contributed by atoms with Gasteiger partial charge >= 0.3 is 0 Å². The third-order valence-electron chi connectivity index (χ3n) is 3.44. The molecule has 0 amide bonds. The Morgan fingerprint density at radius 3 is 2.79 bits per heavy atom. The predicted octanol–water partition coefficient (Wildman–Crippen LogP) is 1.30. The van der Waals surface area contributed by atoms with Gasteiger partial charge in [0.15, 0.2) is 0 Å². The summed E-state index contributed by atoms with van der Waals surface area (Å²) >= 11 is 0. The van der Waals surface area contributed by atoms with E-state index in [2.05, 4.69) is 20.6 Å². The molecular formula is C13H22N4O2. The summed E-state index contributed by atoms with van der Waals surface area (Å²) in [7, 11) is 3.58. The summed E-state index contributed by atoms with van der Waals surface area (Å²) in [6.07, 6.45) is 1.71. The van der Waals surface area contributed by atoms with E-state index in [-0.39, 0.29) is 5.60 Å². The molecule has 2 heterocycles. The van der Waals surface area contributed by atoms with Crippen LogP contribution in [0.4, 0.5) is 11.6 Å². The number of hydrogen-bond acceptors (Lipinski definition) is 6. The molecule has 1 saturated heterocycles. The van der Waals surface area contributed by atoms with Gasteiger partial charge in [-0.25, -0.2) is 9.97 Å². The molecule has 0 aromatic carbocycles. The van der Waals surface area contributed by atoms with Crippen LogP contribution in [0, 0.1) is 0 Å². The van der Waals surface area contributed by atoms with Crippen LogP contribution in [0.25, 0.3) is 0 Å². The van der Waals surface area contributed by atoms with Crippen LogP contribution in [0.2, 0.25) is 0 Å². The van der Waals surface area contributed by atoms with Crippen molar-refractivity contribution < 1.29 is 9.47 Å². The van der Waals surface area contributed by atoms with Gasteiger partial charge in [-0.1, -0.05) is 6.92 Å². The van der Waals surface area contributed by atoms with E-state index in [1.165, 1.54) is 0 Å². The van der Waals surface area contributed by atoms with Gasteiger partial charge in [0.05, 0.1) is 6.61 Å². The van der Waals surface area contributed by atoms with Crippen LogP contribution in [0.15, 0.2) is 6.07 Å². The molecule has 2 N–H and O–H groups in total. The number of ether oxygens (including phenoxy) is 2. The first-order valence-corrected chi connectivity index (χ1v) is 6.64. The lowest BCUT2D eigenvalue weighted by Crippen LogP contribution is -2.39. The molecule has 0 aliphatic carbocycles. The summed E-state index contributed by atoms with van der Waals surface area (Å²) < 4.78 is 11.0. The second-order valence-corrected chi connectivity index (χ2v) is 4.70.